The highest BCUT2D eigenvalue weighted by Gasteiger charge is 2.13. The van der Waals surface area contributed by atoms with E-state index in [1.165, 1.54) is 0 Å². The van der Waals surface area contributed by atoms with Gasteiger partial charge in [-0.25, -0.2) is 0 Å². The monoisotopic (exact) mass is 161 g/mol. The van der Waals surface area contributed by atoms with Crippen molar-refractivity contribution in [2.24, 2.45) is 5.73 Å². The molecule has 0 spiro atoms. The second-order valence-corrected chi connectivity index (χ2v) is 3.77. The van der Waals surface area contributed by atoms with Crippen molar-refractivity contribution >= 4 is 8.03 Å². The molecule has 3 N–H and O–H groups in total. The van der Waals surface area contributed by atoms with Crippen LogP contribution in [-0.4, -0.2) is 17.1 Å². The zero-order chi connectivity index (χ0) is 7.56. The molecular formula is C6H12NO2P. The van der Waals surface area contributed by atoms with Crippen LogP contribution in [0.4, 0.5) is 0 Å². The van der Waals surface area contributed by atoms with Crippen molar-refractivity contribution in [2.75, 3.05) is 6.16 Å². The summed E-state index contributed by atoms with van der Waals surface area (Å²) >= 11 is 0. The summed E-state index contributed by atoms with van der Waals surface area (Å²) in [5.74, 6) is 0. The van der Waals surface area contributed by atoms with Crippen molar-refractivity contribution in [2.45, 2.75) is 18.9 Å². The van der Waals surface area contributed by atoms with Crippen LogP contribution in [0.25, 0.3) is 0 Å². The van der Waals surface area contributed by atoms with Gasteiger partial charge in [-0.2, -0.15) is 0 Å². The van der Waals surface area contributed by atoms with Crippen molar-refractivity contribution in [1.29, 1.82) is 0 Å². The molecule has 0 aromatic heterocycles. The normalized spacial score (nSPS) is 28.2. The van der Waals surface area contributed by atoms with E-state index in [1.54, 1.807) is 0 Å². The fourth-order valence-corrected chi connectivity index (χ4v) is 1.84. The molecule has 0 aromatic carbocycles. The highest BCUT2D eigenvalue weighted by molar-refractivity contribution is 7.38. The van der Waals surface area contributed by atoms with Crippen LogP contribution in [0.3, 0.4) is 0 Å². The van der Waals surface area contributed by atoms with Crippen LogP contribution >= 0.6 is 8.03 Å². The molecule has 0 amide bonds. The molecule has 4 heteroatoms. The lowest BCUT2D eigenvalue weighted by Gasteiger charge is -2.00. The third-order valence-electron chi connectivity index (χ3n) is 1.61. The van der Waals surface area contributed by atoms with Gasteiger partial charge in [-0.05, 0) is 12.8 Å². The van der Waals surface area contributed by atoms with Gasteiger partial charge in [0.05, 0.1) is 0 Å². The Morgan fingerprint density at radius 2 is 2.60 bits per heavy atom. The lowest BCUT2D eigenvalue weighted by atomic mass is 10.2. The summed E-state index contributed by atoms with van der Waals surface area (Å²) in [5.41, 5.74) is 6.63. The van der Waals surface area contributed by atoms with Gasteiger partial charge >= 0.3 is 0 Å². The molecule has 2 atom stereocenters. The largest absolute Gasteiger partial charge is 0.346 e. The van der Waals surface area contributed by atoms with Crippen LogP contribution in [0, 0.1) is 0 Å². The van der Waals surface area contributed by atoms with E-state index in [-0.39, 0.29) is 6.04 Å². The fourth-order valence-electron chi connectivity index (χ4n) is 1.16. The zero-order valence-electron chi connectivity index (χ0n) is 5.71. The quantitative estimate of drug-likeness (QED) is 0.458. The first kappa shape index (κ1) is 7.99. The Morgan fingerprint density at radius 3 is 3.00 bits per heavy atom. The highest BCUT2D eigenvalue weighted by atomic mass is 31.1. The Morgan fingerprint density at radius 1 is 1.90 bits per heavy atom. The predicted octanol–water partition coefficient (Wildman–Crippen LogP) is 0.501. The van der Waals surface area contributed by atoms with E-state index in [9.17, 15) is 4.57 Å². The number of hydrogen-bond donors (Lipinski definition) is 2. The summed E-state index contributed by atoms with van der Waals surface area (Å²) in [6.07, 6.45) is 3.99. The second-order valence-electron chi connectivity index (χ2n) is 2.63. The number of rotatable bonds is 2. The summed E-state index contributed by atoms with van der Waals surface area (Å²) in [5, 5.41) is 0. The molecule has 10 heavy (non-hydrogen) atoms. The van der Waals surface area contributed by atoms with Crippen LogP contribution in [0.1, 0.15) is 12.8 Å². The minimum absolute atomic E-state index is 0.191. The smallest absolute Gasteiger partial charge is 0.193 e. The van der Waals surface area contributed by atoms with Crippen LogP contribution in [0.5, 0.6) is 0 Å². The zero-order valence-corrected chi connectivity index (χ0v) is 6.71. The van der Waals surface area contributed by atoms with Crippen LogP contribution in [-0.2, 0) is 4.57 Å². The molecule has 0 saturated carbocycles. The van der Waals surface area contributed by atoms with E-state index in [4.69, 9.17) is 10.6 Å². The van der Waals surface area contributed by atoms with Gasteiger partial charge in [0.25, 0.3) is 0 Å². The van der Waals surface area contributed by atoms with Crippen LogP contribution in [0.15, 0.2) is 11.6 Å². The average Bonchev–Trinajstić information content (AvgIpc) is 2.13. The molecule has 0 heterocycles. The first-order chi connectivity index (χ1) is 4.68. The summed E-state index contributed by atoms with van der Waals surface area (Å²) in [7, 11) is -2.31. The van der Waals surface area contributed by atoms with Gasteiger partial charge in [-0.15, -0.1) is 0 Å². The number of nitrogens with two attached hydrogens (primary N) is 1. The molecule has 58 valence electrons. The molecule has 1 unspecified atom stereocenters. The molecule has 0 bridgehead atoms. The van der Waals surface area contributed by atoms with Crippen LogP contribution < -0.4 is 5.73 Å². The summed E-state index contributed by atoms with van der Waals surface area (Å²) < 4.78 is 10.4. The maximum Gasteiger partial charge on any atom is 0.193 e. The molecule has 1 rings (SSSR count). The third kappa shape index (κ3) is 2.25. The fraction of sp³-hybridized carbons (Fsp3) is 0.667. The van der Waals surface area contributed by atoms with Crippen molar-refractivity contribution in [1.82, 2.24) is 0 Å². The van der Waals surface area contributed by atoms with E-state index in [0.717, 1.165) is 18.4 Å². The molecule has 0 radical (unpaired) electrons. The van der Waals surface area contributed by atoms with Gasteiger partial charge in [0.1, 0.15) is 0 Å². The SMILES string of the molecule is N[C@@H]1CC=C(C[PH](=O)O)C1. The Labute approximate surface area is 60.8 Å². The lowest BCUT2D eigenvalue weighted by Crippen LogP contribution is -2.15. The Hall–Kier alpha value is -0.110. The molecular weight excluding hydrogens is 149 g/mol. The molecule has 1 aliphatic rings. The van der Waals surface area contributed by atoms with E-state index in [0.29, 0.717) is 6.16 Å². The van der Waals surface area contributed by atoms with Gasteiger partial charge in [0.15, 0.2) is 8.03 Å². The molecule has 0 saturated heterocycles. The van der Waals surface area contributed by atoms with E-state index in [2.05, 4.69) is 0 Å². The molecule has 0 aromatic rings. The summed E-state index contributed by atoms with van der Waals surface area (Å²) in [6.45, 7) is 0. The topological polar surface area (TPSA) is 63.3 Å². The van der Waals surface area contributed by atoms with E-state index < -0.39 is 8.03 Å². The van der Waals surface area contributed by atoms with Gasteiger partial charge < -0.3 is 10.6 Å². The van der Waals surface area contributed by atoms with Crippen LogP contribution in [0.2, 0.25) is 0 Å². The lowest BCUT2D eigenvalue weighted by molar-refractivity contribution is 0.505. The standard InChI is InChI=1S/C6H12NO2P/c7-6-2-1-5(3-6)4-10(8)9/h1,6,10H,2-4,7H2,(H,8,9)/t6-/m1/s1. The highest BCUT2D eigenvalue weighted by Crippen LogP contribution is 2.25. The molecule has 1 aliphatic carbocycles. The maximum atomic E-state index is 10.4. The Kier molecular flexibility index (Phi) is 2.66. The third-order valence-corrected chi connectivity index (χ3v) is 2.37. The van der Waals surface area contributed by atoms with Crippen molar-refractivity contribution in [3.8, 4) is 0 Å². The summed E-state index contributed by atoms with van der Waals surface area (Å²) in [6, 6.07) is 0.191. The van der Waals surface area contributed by atoms with Gasteiger partial charge in [0.2, 0.25) is 0 Å². The average molecular weight is 161 g/mol. The predicted molar refractivity (Wildman–Crippen MR) is 41.4 cm³/mol. The molecule has 3 nitrogen and oxygen atoms in total. The second kappa shape index (κ2) is 3.33. The van der Waals surface area contributed by atoms with E-state index in [1.807, 2.05) is 6.08 Å². The van der Waals surface area contributed by atoms with Gasteiger partial charge in [0, 0.05) is 12.2 Å². The van der Waals surface area contributed by atoms with Gasteiger partial charge in [-0.3, -0.25) is 4.57 Å². The summed E-state index contributed by atoms with van der Waals surface area (Å²) in [4.78, 5) is 8.56. The molecule has 0 aliphatic heterocycles. The van der Waals surface area contributed by atoms with Crippen molar-refractivity contribution < 1.29 is 9.46 Å². The first-order valence-corrected chi connectivity index (χ1v) is 4.90. The van der Waals surface area contributed by atoms with Crippen molar-refractivity contribution in [3.63, 3.8) is 0 Å². The Bertz CT molecular complexity index is 179. The minimum Gasteiger partial charge on any atom is -0.346 e. The van der Waals surface area contributed by atoms with Gasteiger partial charge in [-0.1, -0.05) is 11.6 Å². The first-order valence-electron chi connectivity index (χ1n) is 3.34. The number of hydrogen-bond acceptors (Lipinski definition) is 2. The molecule has 0 fully saturated rings. The van der Waals surface area contributed by atoms with E-state index >= 15 is 0 Å². The Balaban J connectivity index is 2.37. The van der Waals surface area contributed by atoms with Crippen molar-refractivity contribution in [3.05, 3.63) is 11.6 Å². The maximum absolute atomic E-state index is 10.4. The minimum atomic E-state index is -2.31.